The molecular formula is C15H20ClFN4S. The lowest BCUT2D eigenvalue weighted by molar-refractivity contribution is 0.0485. The number of anilines is 1. The number of alkyl halides is 1. The fraction of sp³-hybridized carbons (Fsp3) is 0.733. The molecule has 2 saturated carbocycles. The second-order valence-corrected chi connectivity index (χ2v) is 7.76. The first-order chi connectivity index (χ1) is 10.6. The van der Waals surface area contributed by atoms with Crippen LogP contribution in [0.4, 0.5) is 9.52 Å². The molecule has 0 bridgehead atoms. The van der Waals surface area contributed by atoms with Crippen LogP contribution in [0.25, 0.3) is 0 Å². The molecule has 0 spiro atoms. The minimum absolute atomic E-state index is 0.0329. The van der Waals surface area contributed by atoms with Crippen LogP contribution < -0.4 is 10.6 Å². The van der Waals surface area contributed by atoms with Gasteiger partial charge in [-0.3, -0.25) is 0 Å². The molecule has 1 heterocycles. The van der Waals surface area contributed by atoms with Gasteiger partial charge in [-0.1, -0.05) is 30.9 Å². The zero-order valence-electron chi connectivity index (χ0n) is 12.4. The van der Waals surface area contributed by atoms with E-state index in [0.717, 1.165) is 4.88 Å². The largest absolute Gasteiger partial charge is 0.358 e. The number of thiazole rings is 1. The molecule has 0 atom stereocenters. The van der Waals surface area contributed by atoms with E-state index in [1.165, 1.54) is 32.1 Å². The summed E-state index contributed by atoms with van der Waals surface area (Å²) < 4.78 is 14.4. The van der Waals surface area contributed by atoms with Gasteiger partial charge in [0.05, 0.1) is 6.54 Å². The van der Waals surface area contributed by atoms with E-state index in [4.69, 9.17) is 16.9 Å². The molecule has 2 N–H and O–H groups in total. The number of nitrogens with one attached hydrogen (secondary N) is 2. The maximum atomic E-state index is 14.4. The quantitative estimate of drug-likeness (QED) is 0.622. The molecule has 2 aliphatic carbocycles. The number of nitrogens with zero attached hydrogens (tertiary/aromatic N) is 2. The van der Waals surface area contributed by atoms with Crippen molar-refractivity contribution in [3.8, 4) is 6.19 Å². The van der Waals surface area contributed by atoms with Gasteiger partial charge in [-0.2, -0.15) is 5.26 Å². The van der Waals surface area contributed by atoms with Crippen molar-refractivity contribution in [2.45, 2.75) is 62.6 Å². The van der Waals surface area contributed by atoms with Crippen LogP contribution >= 0.6 is 22.9 Å². The number of hydrogen-bond acceptors (Lipinski definition) is 5. The zero-order chi connectivity index (χ0) is 15.6. The molecule has 4 nitrogen and oxygen atoms in total. The molecule has 7 heteroatoms. The number of halogens is 2. The van der Waals surface area contributed by atoms with E-state index >= 15 is 0 Å². The van der Waals surface area contributed by atoms with Gasteiger partial charge in [0, 0.05) is 23.8 Å². The Balaban J connectivity index is 1.54. The van der Waals surface area contributed by atoms with Crippen LogP contribution in [-0.2, 0) is 0 Å². The van der Waals surface area contributed by atoms with Crippen molar-refractivity contribution in [2.75, 3.05) is 11.9 Å². The van der Waals surface area contributed by atoms with Gasteiger partial charge in [0.2, 0.25) is 0 Å². The number of hydrogen-bond donors (Lipinski definition) is 2. The van der Waals surface area contributed by atoms with Crippen LogP contribution in [0.15, 0.2) is 0 Å². The Labute approximate surface area is 139 Å². The summed E-state index contributed by atoms with van der Waals surface area (Å²) in [6, 6.07) is -0.0329. The molecule has 2 fully saturated rings. The molecular weight excluding hydrogens is 323 g/mol. The Bertz CT molecular complexity index is 558. The monoisotopic (exact) mass is 342 g/mol. The second-order valence-electron chi connectivity index (χ2n) is 6.37. The Morgan fingerprint density at radius 2 is 2.09 bits per heavy atom. The first-order valence-electron chi connectivity index (χ1n) is 7.83. The van der Waals surface area contributed by atoms with Gasteiger partial charge in [0.15, 0.2) is 11.3 Å². The SMILES string of the molecule is N#CN[C@H]1C[C@](F)(CNc2nc(Cl)c(C3CCCCC3)s2)C1. The van der Waals surface area contributed by atoms with Crippen molar-refractivity contribution < 1.29 is 4.39 Å². The predicted molar refractivity (Wildman–Crippen MR) is 87.0 cm³/mol. The first kappa shape index (κ1) is 15.8. The molecule has 3 rings (SSSR count). The van der Waals surface area contributed by atoms with Crippen molar-refractivity contribution in [1.82, 2.24) is 10.3 Å². The van der Waals surface area contributed by atoms with Gasteiger partial charge in [-0.25, -0.2) is 9.37 Å². The Morgan fingerprint density at radius 3 is 2.77 bits per heavy atom. The van der Waals surface area contributed by atoms with Gasteiger partial charge >= 0.3 is 0 Å². The zero-order valence-corrected chi connectivity index (χ0v) is 13.9. The average Bonchev–Trinajstić information content (AvgIpc) is 2.86. The van der Waals surface area contributed by atoms with Crippen LogP contribution in [0, 0.1) is 11.5 Å². The Hall–Kier alpha value is -1.06. The van der Waals surface area contributed by atoms with E-state index in [1.54, 1.807) is 11.3 Å². The molecule has 0 saturated heterocycles. The molecule has 0 aromatic carbocycles. The molecule has 2 aliphatic rings. The van der Waals surface area contributed by atoms with Gasteiger partial charge < -0.3 is 10.6 Å². The van der Waals surface area contributed by atoms with Crippen LogP contribution in [0.3, 0.4) is 0 Å². The van der Waals surface area contributed by atoms with Crippen LogP contribution in [0.1, 0.15) is 55.7 Å². The molecule has 0 radical (unpaired) electrons. The molecule has 1 aromatic heterocycles. The second kappa shape index (κ2) is 6.59. The van der Waals surface area contributed by atoms with Crippen molar-refractivity contribution in [1.29, 1.82) is 5.26 Å². The van der Waals surface area contributed by atoms with Gasteiger partial charge in [-0.05, 0) is 18.8 Å². The number of rotatable bonds is 5. The summed E-state index contributed by atoms with van der Waals surface area (Å²) in [7, 11) is 0. The van der Waals surface area contributed by atoms with Crippen molar-refractivity contribution in [3.63, 3.8) is 0 Å². The van der Waals surface area contributed by atoms with Crippen molar-refractivity contribution in [2.24, 2.45) is 0 Å². The maximum Gasteiger partial charge on any atom is 0.184 e. The first-order valence-corrected chi connectivity index (χ1v) is 9.03. The molecule has 22 heavy (non-hydrogen) atoms. The topological polar surface area (TPSA) is 60.7 Å². The van der Waals surface area contributed by atoms with E-state index in [9.17, 15) is 4.39 Å². The third-order valence-electron chi connectivity index (χ3n) is 4.64. The number of nitriles is 1. The average molecular weight is 343 g/mol. The summed E-state index contributed by atoms with van der Waals surface area (Å²) >= 11 is 7.82. The Morgan fingerprint density at radius 1 is 1.36 bits per heavy atom. The highest BCUT2D eigenvalue weighted by atomic mass is 35.5. The van der Waals surface area contributed by atoms with Crippen LogP contribution in [0.2, 0.25) is 5.15 Å². The van der Waals surface area contributed by atoms with E-state index in [1.807, 2.05) is 6.19 Å². The van der Waals surface area contributed by atoms with Crippen LogP contribution in [-0.4, -0.2) is 23.2 Å². The van der Waals surface area contributed by atoms with Gasteiger partial charge in [-0.15, -0.1) is 11.3 Å². The third-order valence-corrected chi connectivity index (χ3v) is 6.21. The molecule has 0 amide bonds. The lowest BCUT2D eigenvalue weighted by Gasteiger charge is -2.40. The minimum Gasteiger partial charge on any atom is -0.358 e. The highest BCUT2D eigenvalue weighted by molar-refractivity contribution is 7.16. The fourth-order valence-electron chi connectivity index (χ4n) is 3.40. The molecule has 1 aromatic rings. The van der Waals surface area contributed by atoms with Gasteiger partial charge in [0.25, 0.3) is 0 Å². The molecule has 0 aliphatic heterocycles. The standard InChI is InChI=1S/C15H20ClFN4S/c16-13-12(10-4-2-1-3-5-10)22-14(21-13)19-8-15(17)6-11(7-15)20-9-18/h10-11,20H,1-8H2,(H,19,21)/t11-,15+. The van der Waals surface area contributed by atoms with Crippen LogP contribution in [0.5, 0.6) is 0 Å². The van der Waals surface area contributed by atoms with E-state index in [0.29, 0.717) is 29.0 Å². The van der Waals surface area contributed by atoms with Crippen molar-refractivity contribution in [3.05, 3.63) is 10.0 Å². The molecule has 120 valence electrons. The van der Waals surface area contributed by atoms with E-state index in [2.05, 4.69) is 15.6 Å². The van der Waals surface area contributed by atoms with Crippen molar-refractivity contribution >= 4 is 28.1 Å². The highest BCUT2D eigenvalue weighted by Crippen LogP contribution is 2.42. The Kier molecular flexibility index (Phi) is 4.74. The summed E-state index contributed by atoms with van der Waals surface area (Å²) in [6.45, 7) is 0.227. The summed E-state index contributed by atoms with van der Waals surface area (Å²) in [5.74, 6) is 0.515. The van der Waals surface area contributed by atoms with Gasteiger partial charge in [0.1, 0.15) is 10.8 Å². The summed E-state index contributed by atoms with van der Waals surface area (Å²) in [6.07, 6.45) is 8.75. The van der Waals surface area contributed by atoms with E-state index in [-0.39, 0.29) is 12.6 Å². The lowest BCUT2D eigenvalue weighted by Crippen LogP contribution is -2.53. The minimum atomic E-state index is -1.25. The maximum absolute atomic E-state index is 14.4. The summed E-state index contributed by atoms with van der Waals surface area (Å²) in [5, 5.41) is 15.5. The predicted octanol–water partition coefficient (Wildman–Crippen LogP) is 4.20. The number of aromatic nitrogens is 1. The smallest absolute Gasteiger partial charge is 0.184 e. The fourth-order valence-corrected chi connectivity index (χ4v) is 4.83. The highest BCUT2D eigenvalue weighted by Gasteiger charge is 2.44. The summed E-state index contributed by atoms with van der Waals surface area (Å²) in [4.78, 5) is 5.49. The third kappa shape index (κ3) is 3.47. The van der Waals surface area contributed by atoms with E-state index < -0.39 is 5.67 Å². The normalized spacial score (nSPS) is 28.7. The molecule has 0 unspecified atom stereocenters. The summed E-state index contributed by atoms with van der Waals surface area (Å²) in [5.41, 5.74) is -1.25. The lowest BCUT2D eigenvalue weighted by atomic mass is 9.77.